The zero-order chi connectivity index (χ0) is 20.9. The number of carbonyl (C=O) groups is 2. The van der Waals surface area contributed by atoms with Crippen molar-refractivity contribution in [3.63, 3.8) is 0 Å². The number of anilines is 1. The Bertz CT molecular complexity index is 1140. The molecule has 0 atom stereocenters. The maximum absolute atomic E-state index is 12.2. The average Bonchev–Trinajstić information content (AvgIpc) is 3.13. The fourth-order valence-electron chi connectivity index (χ4n) is 3.58. The van der Waals surface area contributed by atoms with Crippen molar-refractivity contribution in [3.8, 4) is 11.8 Å². The summed E-state index contributed by atoms with van der Waals surface area (Å²) in [6.07, 6.45) is 3.95. The van der Waals surface area contributed by atoms with E-state index >= 15 is 0 Å². The van der Waals surface area contributed by atoms with Crippen LogP contribution in [0.1, 0.15) is 28.8 Å². The van der Waals surface area contributed by atoms with E-state index < -0.39 is 18.5 Å². The number of nitrogens with zero attached hydrogens (tertiary/aromatic N) is 1. The fraction of sp³-hybridized carbons (Fsp3) is 0.261. The Morgan fingerprint density at radius 3 is 2.73 bits per heavy atom. The number of esters is 1. The van der Waals surface area contributed by atoms with Crippen molar-refractivity contribution in [2.45, 2.75) is 25.7 Å². The molecule has 1 aliphatic rings. The number of amides is 1. The molecule has 7 heteroatoms. The van der Waals surface area contributed by atoms with Gasteiger partial charge >= 0.3 is 5.97 Å². The van der Waals surface area contributed by atoms with Crippen molar-refractivity contribution in [2.75, 3.05) is 18.5 Å². The lowest BCUT2D eigenvalue weighted by molar-refractivity contribution is -0.149. The van der Waals surface area contributed by atoms with Crippen LogP contribution in [-0.4, -0.2) is 25.1 Å². The van der Waals surface area contributed by atoms with E-state index in [2.05, 4.69) is 11.4 Å². The van der Waals surface area contributed by atoms with E-state index in [1.807, 2.05) is 36.4 Å². The Kier molecular flexibility index (Phi) is 5.96. The molecule has 1 aliphatic carbocycles. The van der Waals surface area contributed by atoms with Gasteiger partial charge in [-0.15, -0.1) is 11.3 Å². The highest BCUT2D eigenvalue weighted by molar-refractivity contribution is 7.16. The number of ether oxygens (including phenoxy) is 2. The summed E-state index contributed by atoms with van der Waals surface area (Å²) in [5.74, 6) is -0.523. The normalized spacial score (nSPS) is 12.6. The highest BCUT2D eigenvalue weighted by atomic mass is 32.1. The molecule has 1 aromatic heterocycles. The van der Waals surface area contributed by atoms with Crippen LogP contribution in [0.5, 0.6) is 5.75 Å². The number of nitrogens with one attached hydrogen (secondary N) is 1. The van der Waals surface area contributed by atoms with Crippen LogP contribution in [0, 0.1) is 11.3 Å². The number of benzene rings is 2. The van der Waals surface area contributed by atoms with Gasteiger partial charge in [0.2, 0.25) is 0 Å². The minimum Gasteiger partial charge on any atom is -0.481 e. The van der Waals surface area contributed by atoms with Crippen molar-refractivity contribution < 1.29 is 19.1 Å². The molecule has 0 saturated heterocycles. The van der Waals surface area contributed by atoms with E-state index in [0.717, 1.165) is 46.9 Å². The first kappa shape index (κ1) is 19.9. The van der Waals surface area contributed by atoms with E-state index in [9.17, 15) is 14.9 Å². The topological polar surface area (TPSA) is 88.4 Å². The van der Waals surface area contributed by atoms with Crippen LogP contribution in [0.4, 0.5) is 5.00 Å². The van der Waals surface area contributed by atoms with Gasteiger partial charge in [0.05, 0.1) is 5.56 Å². The van der Waals surface area contributed by atoms with E-state index in [4.69, 9.17) is 9.47 Å². The van der Waals surface area contributed by atoms with Crippen LogP contribution >= 0.6 is 11.3 Å². The van der Waals surface area contributed by atoms with Crippen LogP contribution in [0.3, 0.4) is 0 Å². The Morgan fingerprint density at radius 2 is 1.87 bits per heavy atom. The van der Waals surface area contributed by atoms with Gasteiger partial charge in [0, 0.05) is 10.3 Å². The number of aryl methyl sites for hydroxylation is 1. The summed E-state index contributed by atoms with van der Waals surface area (Å²) < 4.78 is 10.6. The summed E-state index contributed by atoms with van der Waals surface area (Å²) in [6, 6.07) is 15.5. The van der Waals surface area contributed by atoms with Crippen LogP contribution in [0.15, 0.2) is 42.5 Å². The third kappa shape index (κ3) is 4.29. The number of carbonyl (C=O) groups excluding carboxylic acids is 2. The van der Waals surface area contributed by atoms with Crippen LogP contribution < -0.4 is 10.1 Å². The number of fused-ring (bicyclic) bond motifs is 2. The maximum Gasteiger partial charge on any atom is 0.344 e. The Hall–Kier alpha value is -3.37. The summed E-state index contributed by atoms with van der Waals surface area (Å²) in [4.78, 5) is 25.4. The number of rotatable bonds is 6. The molecule has 0 radical (unpaired) electrons. The summed E-state index contributed by atoms with van der Waals surface area (Å²) in [6.45, 7) is -0.719. The lowest BCUT2D eigenvalue weighted by atomic mass is 9.96. The second-order valence-corrected chi connectivity index (χ2v) is 8.11. The summed E-state index contributed by atoms with van der Waals surface area (Å²) in [5, 5.41) is 14.6. The molecule has 0 fully saturated rings. The molecule has 4 rings (SSSR count). The highest BCUT2D eigenvalue weighted by Crippen LogP contribution is 2.37. The molecule has 30 heavy (non-hydrogen) atoms. The Morgan fingerprint density at radius 1 is 1.07 bits per heavy atom. The molecule has 2 aromatic carbocycles. The first-order chi connectivity index (χ1) is 14.7. The third-order valence-electron chi connectivity index (χ3n) is 5.00. The lowest BCUT2D eigenvalue weighted by Gasteiger charge is -2.10. The van der Waals surface area contributed by atoms with Gasteiger partial charge in [-0.1, -0.05) is 36.4 Å². The molecule has 152 valence electrons. The van der Waals surface area contributed by atoms with Crippen LogP contribution in [0.2, 0.25) is 0 Å². The van der Waals surface area contributed by atoms with Crippen molar-refractivity contribution >= 4 is 39.0 Å². The van der Waals surface area contributed by atoms with Gasteiger partial charge in [-0.3, -0.25) is 4.79 Å². The molecule has 1 N–H and O–H groups in total. The van der Waals surface area contributed by atoms with Crippen LogP contribution in [-0.2, 0) is 27.2 Å². The third-order valence-corrected chi connectivity index (χ3v) is 6.20. The van der Waals surface area contributed by atoms with E-state index in [0.29, 0.717) is 16.3 Å². The lowest BCUT2D eigenvalue weighted by Crippen LogP contribution is -2.23. The molecule has 0 aliphatic heterocycles. The quantitative estimate of drug-likeness (QED) is 0.604. The van der Waals surface area contributed by atoms with Gasteiger partial charge in [0.25, 0.3) is 5.91 Å². The van der Waals surface area contributed by atoms with Gasteiger partial charge in [-0.25, -0.2) is 4.79 Å². The van der Waals surface area contributed by atoms with Gasteiger partial charge < -0.3 is 14.8 Å². The number of thiophene rings is 1. The van der Waals surface area contributed by atoms with Crippen molar-refractivity contribution in [3.05, 3.63) is 58.5 Å². The fourth-order valence-corrected chi connectivity index (χ4v) is 4.84. The standard InChI is InChI=1S/C23H20N2O4S/c24-12-18-17-9-3-4-11-20(17)30-23(18)25-21(26)13-29-22(27)14-28-19-10-5-7-15-6-1-2-8-16(15)19/h1-2,5-8,10H,3-4,9,11,13-14H2,(H,25,26). The minimum absolute atomic E-state index is 0.294. The van der Waals surface area contributed by atoms with E-state index in [-0.39, 0.29) is 6.61 Å². The van der Waals surface area contributed by atoms with Gasteiger partial charge in [0.15, 0.2) is 13.2 Å². The minimum atomic E-state index is -0.635. The molecule has 0 spiro atoms. The first-order valence-electron chi connectivity index (χ1n) is 9.76. The number of hydrogen-bond donors (Lipinski definition) is 1. The van der Waals surface area contributed by atoms with E-state index in [1.54, 1.807) is 6.07 Å². The largest absolute Gasteiger partial charge is 0.481 e. The second kappa shape index (κ2) is 8.97. The van der Waals surface area contributed by atoms with Gasteiger partial charge in [-0.05, 0) is 42.7 Å². The molecular weight excluding hydrogens is 400 g/mol. The molecule has 0 bridgehead atoms. The number of hydrogen-bond acceptors (Lipinski definition) is 6. The highest BCUT2D eigenvalue weighted by Gasteiger charge is 2.22. The second-order valence-electron chi connectivity index (χ2n) is 7.00. The molecular formula is C23H20N2O4S. The zero-order valence-electron chi connectivity index (χ0n) is 16.3. The SMILES string of the molecule is N#Cc1c(NC(=O)COC(=O)COc2cccc3ccccc23)sc2c1CCCC2. The van der Waals surface area contributed by atoms with Gasteiger partial charge in [0.1, 0.15) is 16.8 Å². The zero-order valence-corrected chi connectivity index (χ0v) is 17.1. The Balaban J connectivity index is 1.31. The molecule has 6 nitrogen and oxygen atoms in total. The first-order valence-corrected chi connectivity index (χ1v) is 10.6. The summed E-state index contributed by atoms with van der Waals surface area (Å²) in [5.41, 5.74) is 1.58. The summed E-state index contributed by atoms with van der Waals surface area (Å²) >= 11 is 1.44. The molecule has 1 heterocycles. The van der Waals surface area contributed by atoms with E-state index in [1.165, 1.54) is 11.3 Å². The molecule has 0 unspecified atom stereocenters. The molecule has 0 saturated carbocycles. The van der Waals surface area contributed by atoms with Gasteiger partial charge in [-0.2, -0.15) is 5.26 Å². The van der Waals surface area contributed by atoms with Crippen molar-refractivity contribution in [2.24, 2.45) is 0 Å². The maximum atomic E-state index is 12.2. The van der Waals surface area contributed by atoms with Crippen LogP contribution in [0.25, 0.3) is 10.8 Å². The average molecular weight is 420 g/mol. The predicted octanol–water partition coefficient (Wildman–Crippen LogP) is 4.21. The smallest absolute Gasteiger partial charge is 0.344 e. The monoisotopic (exact) mass is 420 g/mol. The predicted molar refractivity (Wildman–Crippen MR) is 115 cm³/mol. The number of nitriles is 1. The van der Waals surface area contributed by atoms with Crippen molar-refractivity contribution in [1.29, 1.82) is 5.26 Å². The van der Waals surface area contributed by atoms with Crippen molar-refractivity contribution in [1.82, 2.24) is 0 Å². The summed E-state index contributed by atoms with van der Waals surface area (Å²) in [7, 11) is 0. The molecule has 1 amide bonds. The molecule has 3 aromatic rings. The Labute approximate surface area is 178 Å².